The van der Waals surface area contributed by atoms with E-state index in [1.54, 1.807) is 11.7 Å². The monoisotopic (exact) mass is 443 g/mol. The van der Waals surface area contributed by atoms with Gasteiger partial charge in [0.15, 0.2) is 11.6 Å². The van der Waals surface area contributed by atoms with Gasteiger partial charge in [-0.3, -0.25) is 4.79 Å². The van der Waals surface area contributed by atoms with E-state index in [0.717, 1.165) is 0 Å². The highest BCUT2D eigenvalue weighted by atomic mass is 79.9. The summed E-state index contributed by atoms with van der Waals surface area (Å²) in [4.78, 5) is 18.7. The molecule has 1 amide bonds. The molecule has 0 spiro atoms. The largest absolute Gasteiger partial charge is 0.491 e. The Kier molecular flexibility index (Phi) is 6.30. The summed E-state index contributed by atoms with van der Waals surface area (Å²) in [5.74, 6) is -0.675. The molecule has 0 aromatic heterocycles. The highest BCUT2D eigenvalue weighted by Crippen LogP contribution is 2.39. The molecule has 2 heterocycles. The molecule has 0 aliphatic carbocycles. The Morgan fingerprint density at radius 3 is 2.89 bits per heavy atom. The normalized spacial score (nSPS) is 20.0. The van der Waals surface area contributed by atoms with E-state index in [0.29, 0.717) is 38.5 Å². The quantitative estimate of drug-likeness (QED) is 0.689. The second kappa shape index (κ2) is 8.34. The topological polar surface area (TPSA) is 65.5 Å². The van der Waals surface area contributed by atoms with Crippen LogP contribution >= 0.6 is 15.9 Å². The number of benzene rings is 1. The summed E-state index contributed by atoms with van der Waals surface area (Å²) in [5.41, 5.74) is 0.127. The van der Waals surface area contributed by atoms with Crippen LogP contribution in [0.5, 0.6) is 11.5 Å². The van der Waals surface area contributed by atoms with Crippen LogP contribution in [0.2, 0.25) is 6.82 Å². The van der Waals surface area contributed by atoms with Crippen molar-refractivity contribution in [2.75, 3.05) is 53.5 Å². The van der Waals surface area contributed by atoms with Crippen molar-refractivity contribution in [1.82, 2.24) is 14.6 Å². The Hall–Kier alpha value is -1.36. The van der Waals surface area contributed by atoms with Crippen LogP contribution in [0.15, 0.2) is 10.5 Å². The van der Waals surface area contributed by atoms with Crippen molar-refractivity contribution in [3.8, 4) is 11.5 Å². The number of carbonyl (C=O) groups is 1. The molecule has 1 aromatic rings. The maximum atomic E-state index is 14.7. The summed E-state index contributed by atoms with van der Waals surface area (Å²) in [6.07, 6.45) is 0. The third-order valence-corrected chi connectivity index (χ3v) is 5.45. The molecule has 2 aliphatic heterocycles. The summed E-state index contributed by atoms with van der Waals surface area (Å²) >= 11 is 3.19. The van der Waals surface area contributed by atoms with E-state index in [9.17, 15) is 14.2 Å². The number of amides is 1. The molecule has 7 nitrogen and oxygen atoms in total. The minimum atomic E-state index is -0.608. The van der Waals surface area contributed by atoms with E-state index in [1.807, 2.05) is 23.8 Å². The molecular weight excluding hydrogens is 420 g/mol. The molecular formula is C17H24BBrFN3O4. The van der Waals surface area contributed by atoms with Gasteiger partial charge >= 0.3 is 7.05 Å². The number of carbonyl (C=O) groups excluding carboxylic acids is 1. The zero-order valence-corrected chi connectivity index (χ0v) is 17.3. The van der Waals surface area contributed by atoms with Gasteiger partial charge in [0.2, 0.25) is 0 Å². The van der Waals surface area contributed by atoms with Crippen molar-refractivity contribution in [3.63, 3.8) is 0 Å². The van der Waals surface area contributed by atoms with Gasteiger partial charge in [0, 0.05) is 26.2 Å². The summed E-state index contributed by atoms with van der Waals surface area (Å²) in [6, 6.07) is 1.22. The average Bonchev–Trinajstić information content (AvgIpc) is 2.76. The fraction of sp³-hybridized carbons (Fsp3) is 0.588. The Bertz CT molecular complexity index is 722. The molecule has 0 saturated carbocycles. The Morgan fingerprint density at radius 1 is 1.48 bits per heavy atom. The highest BCUT2D eigenvalue weighted by molar-refractivity contribution is 9.10. The molecule has 0 unspecified atom stereocenters. The van der Waals surface area contributed by atoms with Gasteiger partial charge in [-0.05, 0) is 42.9 Å². The van der Waals surface area contributed by atoms with Gasteiger partial charge in [-0.25, -0.2) is 4.39 Å². The van der Waals surface area contributed by atoms with Crippen LogP contribution in [-0.2, 0) is 0 Å². The fourth-order valence-electron chi connectivity index (χ4n) is 3.32. The number of halogens is 2. The third kappa shape index (κ3) is 4.23. The van der Waals surface area contributed by atoms with Crippen LogP contribution in [-0.4, -0.2) is 92.1 Å². The van der Waals surface area contributed by atoms with Crippen molar-refractivity contribution < 1.29 is 23.7 Å². The Balaban J connectivity index is 1.92. The number of hydrogen-bond donors (Lipinski definition) is 1. The number of hydrogen-bond acceptors (Lipinski definition) is 6. The summed E-state index contributed by atoms with van der Waals surface area (Å²) in [7, 11) is 3.24. The molecule has 0 bridgehead atoms. The molecule has 1 aromatic carbocycles. The third-order valence-electron chi connectivity index (χ3n) is 4.87. The fourth-order valence-corrected chi connectivity index (χ4v) is 3.71. The van der Waals surface area contributed by atoms with Crippen molar-refractivity contribution in [3.05, 3.63) is 21.9 Å². The first-order valence-electron chi connectivity index (χ1n) is 8.95. The minimum Gasteiger partial charge on any atom is -0.491 e. The maximum absolute atomic E-state index is 14.7. The lowest BCUT2D eigenvalue weighted by Gasteiger charge is -2.40. The van der Waals surface area contributed by atoms with E-state index in [-0.39, 0.29) is 34.3 Å². The molecule has 3 rings (SSSR count). The summed E-state index contributed by atoms with van der Waals surface area (Å²) in [5, 5.41) is 9.84. The second-order valence-corrected chi connectivity index (χ2v) is 7.97. The average molecular weight is 444 g/mol. The van der Waals surface area contributed by atoms with E-state index < -0.39 is 12.9 Å². The first-order valence-corrected chi connectivity index (χ1v) is 9.74. The van der Waals surface area contributed by atoms with Gasteiger partial charge in [0.25, 0.3) is 5.91 Å². The van der Waals surface area contributed by atoms with Crippen LogP contribution in [0.25, 0.3) is 0 Å². The maximum Gasteiger partial charge on any atom is 0.376 e. The lowest BCUT2D eigenvalue weighted by atomic mass is 9.83. The number of rotatable bonds is 5. The highest BCUT2D eigenvalue weighted by Gasteiger charge is 2.39. The van der Waals surface area contributed by atoms with Gasteiger partial charge in [-0.1, -0.05) is 0 Å². The first-order chi connectivity index (χ1) is 12.8. The van der Waals surface area contributed by atoms with E-state index >= 15 is 0 Å². The van der Waals surface area contributed by atoms with Crippen molar-refractivity contribution in [2.45, 2.75) is 12.9 Å². The molecule has 148 valence electrons. The Labute approximate surface area is 167 Å². The molecule has 2 aliphatic rings. The molecule has 27 heavy (non-hydrogen) atoms. The van der Waals surface area contributed by atoms with Gasteiger partial charge in [-0.15, -0.1) is 0 Å². The predicted molar refractivity (Wildman–Crippen MR) is 104 cm³/mol. The van der Waals surface area contributed by atoms with Crippen molar-refractivity contribution >= 4 is 28.9 Å². The Morgan fingerprint density at radius 2 is 2.22 bits per heavy atom. The molecule has 1 saturated heterocycles. The van der Waals surface area contributed by atoms with Gasteiger partial charge in [0.1, 0.15) is 24.5 Å². The van der Waals surface area contributed by atoms with E-state index in [4.69, 9.17) is 9.47 Å². The van der Waals surface area contributed by atoms with Gasteiger partial charge in [0.05, 0.1) is 10.5 Å². The second-order valence-electron chi connectivity index (χ2n) is 7.12. The molecule has 10 heteroatoms. The zero-order valence-electron chi connectivity index (χ0n) is 15.7. The van der Waals surface area contributed by atoms with Crippen LogP contribution in [0.1, 0.15) is 10.4 Å². The van der Waals surface area contributed by atoms with Crippen LogP contribution in [0.3, 0.4) is 0 Å². The van der Waals surface area contributed by atoms with Crippen molar-refractivity contribution in [2.24, 2.45) is 0 Å². The SMILES string of the molecule is CB(O)N1CCN2C(=O)c3c(OCCN(C)C)cc(Br)c(F)c3OC[C@H]2C1. The van der Waals surface area contributed by atoms with Gasteiger partial charge in [-0.2, -0.15) is 0 Å². The summed E-state index contributed by atoms with van der Waals surface area (Å²) < 4.78 is 26.4. The summed E-state index contributed by atoms with van der Waals surface area (Å²) in [6.45, 7) is 4.33. The zero-order chi connectivity index (χ0) is 19.7. The smallest absolute Gasteiger partial charge is 0.376 e. The van der Waals surface area contributed by atoms with Crippen LogP contribution in [0.4, 0.5) is 4.39 Å². The number of nitrogens with zero attached hydrogens (tertiary/aromatic N) is 3. The lowest BCUT2D eigenvalue weighted by molar-refractivity contribution is 0.0494. The standard InChI is InChI=1S/C17H24BBrFN3O4/c1-18(25)22-4-5-23-11(9-22)10-27-16-14(17(23)24)13(8-12(19)15(16)20)26-7-6-21(2)3/h8,11,25H,4-7,9-10H2,1-3H3/t11-/m1/s1. The van der Waals surface area contributed by atoms with Crippen LogP contribution in [0, 0.1) is 5.82 Å². The van der Waals surface area contributed by atoms with Crippen LogP contribution < -0.4 is 9.47 Å². The molecule has 0 radical (unpaired) electrons. The van der Waals surface area contributed by atoms with Gasteiger partial charge < -0.3 is 29.1 Å². The number of likely N-dealkylation sites (N-methyl/N-ethyl adjacent to an activating group) is 1. The predicted octanol–water partition coefficient (Wildman–Crippen LogP) is 1.16. The number of ether oxygens (including phenoxy) is 2. The molecule has 1 atom stereocenters. The minimum absolute atomic E-state index is 0.0766. The molecule has 1 fully saturated rings. The van der Waals surface area contributed by atoms with E-state index in [2.05, 4.69) is 15.9 Å². The van der Waals surface area contributed by atoms with E-state index in [1.165, 1.54) is 6.07 Å². The molecule has 1 N–H and O–H groups in total. The first kappa shape index (κ1) is 20.4. The van der Waals surface area contributed by atoms with Crippen molar-refractivity contribution in [1.29, 1.82) is 0 Å². The number of fused-ring (bicyclic) bond motifs is 2. The number of piperazine rings is 1. The lowest BCUT2D eigenvalue weighted by Crippen LogP contribution is -2.59.